The van der Waals surface area contributed by atoms with E-state index in [-0.39, 0.29) is 17.6 Å². The molecule has 0 spiro atoms. The van der Waals surface area contributed by atoms with E-state index < -0.39 is 12.3 Å². The molecule has 5 nitrogen and oxygen atoms in total. The lowest BCUT2D eigenvalue weighted by molar-refractivity contribution is -0.190. The number of aromatic nitrogens is 2. The van der Waals surface area contributed by atoms with Gasteiger partial charge in [0.1, 0.15) is 11.6 Å². The highest BCUT2D eigenvalue weighted by Gasteiger charge is 2.38. The second kappa shape index (κ2) is 4.60. The largest absolute Gasteiger partial charge is 0.465 e. The summed E-state index contributed by atoms with van der Waals surface area (Å²) in [5.41, 5.74) is 2.29. The fourth-order valence-electron chi connectivity index (χ4n) is 1.35. The molecule has 0 saturated heterocycles. The third kappa shape index (κ3) is 3.00. The molecular formula is C10H13F3N4O. The summed E-state index contributed by atoms with van der Waals surface area (Å²) >= 11 is 0. The summed E-state index contributed by atoms with van der Waals surface area (Å²) in [7, 11) is 0. The summed E-state index contributed by atoms with van der Waals surface area (Å²) in [5, 5.41) is 0. The van der Waals surface area contributed by atoms with Gasteiger partial charge in [-0.1, -0.05) is 0 Å². The maximum absolute atomic E-state index is 12.4. The molecule has 0 aromatic carbocycles. The third-order valence-electron chi connectivity index (χ3n) is 2.57. The van der Waals surface area contributed by atoms with Crippen molar-refractivity contribution in [2.75, 3.05) is 5.43 Å². The highest BCUT2D eigenvalue weighted by atomic mass is 19.4. The molecular weight excluding hydrogens is 249 g/mol. The molecule has 100 valence electrons. The van der Waals surface area contributed by atoms with Crippen LogP contribution in [0.25, 0.3) is 0 Å². The molecule has 1 aromatic heterocycles. The van der Waals surface area contributed by atoms with Crippen molar-refractivity contribution in [2.45, 2.75) is 38.0 Å². The lowest BCUT2D eigenvalue weighted by atomic mass is 10.3. The van der Waals surface area contributed by atoms with Crippen LogP contribution < -0.4 is 16.0 Å². The van der Waals surface area contributed by atoms with Crippen molar-refractivity contribution in [3.05, 3.63) is 11.9 Å². The predicted octanol–water partition coefficient (Wildman–Crippen LogP) is 1.97. The average molecular weight is 262 g/mol. The van der Waals surface area contributed by atoms with Crippen LogP contribution in [0.4, 0.5) is 19.0 Å². The van der Waals surface area contributed by atoms with E-state index in [9.17, 15) is 13.2 Å². The molecule has 18 heavy (non-hydrogen) atoms. The van der Waals surface area contributed by atoms with Crippen LogP contribution in [0.5, 0.6) is 5.88 Å². The van der Waals surface area contributed by atoms with E-state index in [4.69, 9.17) is 10.6 Å². The van der Waals surface area contributed by atoms with Gasteiger partial charge in [0, 0.05) is 12.0 Å². The summed E-state index contributed by atoms with van der Waals surface area (Å²) in [6.07, 6.45) is -4.49. The van der Waals surface area contributed by atoms with Crippen molar-refractivity contribution in [3.8, 4) is 5.88 Å². The van der Waals surface area contributed by atoms with Gasteiger partial charge in [-0.15, -0.1) is 0 Å². The molecule has 0 amide bonds. The third-order valence-corrected chi connectivity index (χ3v) is 2.57. The van der Waals surface area contributed by atoms with Gasteiger partial charge in [-0.2, -0.15) is 18.2 Å². The van der Waals surface area contributed by atoms with Crippen molar-refractivity contribution in [3.63, 3.8) is 0 Å². The first-order valence-corrected chi connectivity index (χ1v) is 5.49. The highest BCUT2D eigenvalue weighted by Crippen LogP contribution is 2.39. The lowest BCUT2D eigenvalue weighted by Gasteiger charge is -2.17. The number of nitrogen functional groups attached to an aromatic ring is 1. The Kier molecular flexibility index (Phi) is 3.29. The van der Waals surface area contributed by atoms with E-state index >= 15 is 0 Å². The van der Waals surface area contributed by atoms with Crippen LogP contribution >= 0.6 is 0 Å². The van der Waals surface area contributed by atoms with Crippen LogP contribution in [0.15, 0.2) is 6.07 Å². The molecule has 1 heterocycles. The summed E-state index contributed by atoms with van der Waals surface area (Å²) < 4.78 is 41.9. The number of hydrogen-bond acceptors (Lipinski definition) is 5. The van der Waals surface area contributed by atoms with Crippen molar-refractivity contribution in [2.24, 2.45) is 5.84 Å². The van der Waals surface area contributed by atoms with E-state index in [1.807, 2.05) is 0 Å². The Balaban J connectivity index is 2.18. The van der Waals surface area contributed by atoms with Crippen LogP contribution in [0.1, 0.15) is 31.5 Å². The topological polar surface area (TPSA) is 73.1 Å². The maximum Gasteiger partial charge on any atom is 0.425 e. The number of alkyl halides is 3. The van der Waals surface area contributed by atoms with E-state index in [1.165, 1.54) is 6.07 Å². The zero-order valence-electron chi connectivity index (χ0n) is 9.66. The van der Waals surface area contributed by atoms with Crippen LogP contribution in [-0.4, -0.2) is 22.2 Å². The second-order valence-electron chi connectivity index (χ2n) is 4.17. The first-order chi connectivity index (χ1) is 8.40. The van der Waals surface area contributed by atoms with Gasteiger partial charge in [0.05, 0.1) is 0 Å². The van der Waals surface area contributed by atoms with Gasteiger partial charge >= 0.3 is 6.18 Å². The Morgan fingerprint density at radius 3 is 2.61 bits per heavy atom. The Hall–Kier alpha value is -1.57. The minimum atomic E-state index is -4.43. The fourth-order valence-corrected chi connectivity index (χ4v) is 1.35. The smallest absolute Gasteiger partial charge is 0.425 e. The van der Waals surface area contributed by atoms with Gasteiger partial charge in [0.2, 0.25) is 5.88 Å². The summed E-state index contributed by atoms with van der Waals surface area (Å²) in [6.45, 7) is 0.925. The number of halogens is 3. The number of rotatable bonds is 4. The Morgan fingerprint density at radius 2 is 2.11 bits per heavy atom. The zero-order valence-corrected chi connectivity index (χ0v) is 9.66. The van der Waals surface area contributed by atoms with Crippen molar-refractivity contribution in [1.82, 2.24) is 9.97 Å². The summed E-state index contributed by atoms with van der Waals surface area (Å²) in [4.78, 5) is 8.04. The van der Waals surface area contributed by atoms with Crippen molar-refractivity contribution < 1.29 is 17.9 Å². The van der Waals surface area contributed by atoms with Crippen LogP contribution in [0, 0.1) is 0 Å². The first-order valence-electron chi connectivity index (χ1n) is 5.49. The van der Waals surface area contributed by atoms with Gasteiger partial charge in [-0.25, -0.2) is 10.8 Å². The fraction of sp³-hybridized carbons (Fsp3) is 0.600. The number of hydrogen-bond donors (Lipinski definition) is 2. The van der Waals surface area contributed by atoms with E-state index in [1.54, 1.807) is 0 Å². The molecule has 1 aliphatic carbocycles. The molecule has 0 bridgehead atoms. The molecule has 0 aliphatic heterocycles. The summed E-state index contributed by atoms with van der Waals surface area (Å²) in [5.74, 6) is 6.00. The number of nitrogens with zero attached hydrogens (tertiary/aromatic N) is 2. The first kappa shape index (κ1) is 12.9. The molecule has 1 atom stereocenters. The molecule has 3 N–H and O–H groups in total. The number of hydrazine groups is 1. The zero-order chi connectivity index (χ0) is 13.3. The monoisotopic (exact) mass is 262 g/mol. The maximum atomic E-state index is 12.4. The number of nitrogens with two attached hydrogens (primary N) is 1. The quantitative estimate of drug-likeness (QED) is 0.641. The molecule has 1 fully saturated rings. The Morgan fingerprint density at radius 1 is 1.44 bits per heavy atom. The standard InChI is InChI=1S/C10H13F3N4O/c1-5(10(11,12)13)18-8-4-7(17-14)15-9(16-8)6-2-3-6/h4-6H,2-3,14H2,1H3,(H,15,16,17). The van der Waals surface area contributed by atoms with Gasteiger partial charge < -0.3 is 10.2 Å². The van der Waals surface area contributed by atoms with Crippen LogP contribution in [0.2, 0.25) is 0 Å². The Labute approximate surface area is 102 Å². The van der Waals surface area contributed by atoms with E-state index in [2.05, 4.69) is 15.4 Å². The van der Waals surface area contributed by atoms with E-state index in [0.717, 1.165) is 19.8 Å². The molecule has 1 unspecified atom stereocenters. The van der Waals surface area contributed by atoms with Crippen molar-refractivity contribution >= 4 is 5.82 Å². The number of nitrogens with one attached hydrogen (secondary N) is 1. The number of anilines is 1. The predicted molar refractivity (Wildman–Crippen MR) is 58.0 cm³/mol. The molecule has 8 heteroatoms. The molecule has 1 aromatic rings. The average Bonchev–Trinajstić information content (AvgIpc) is 3.11. The SMILES string of the molecule is CC(Oc1cc(NN)nc(C2CC2)n1)C(F)(F)F. The van der Waals surface area contributed by atoms with Crippen LogP contribution in [0.3, 0.4) is 0 Å². The second-order valence-corrected chi connectivity index (χ2v) is 4.17. The molecule has 0 radical (unpaired) electrons. The lowest BCUT2D eigenvalue weighted by Crippen LogP contribution is -2.31. The van der Waals surface area contributed by atoms with Gasteiger partial charge in [0.15, 0.2) is 6.10 Å². The Bertz CT molecular complexity index is 434. The molecule has 1 saturated carbocycles. The summed E-state index contributed by atoms with van der Waals surface area (Å²) in [6, 6.07) is 1.24. The normalized spacial score (nSPS) is 17.4. The minimum absolute atomic E-state index is 0.121. The van der Waals surface area contributed by atoms with E-state index in [0.29, 0.717) is 5.82 Å². The van der Waals surface area contributed by atoms with Crippen molar-refractivity contribution in [1.29, 1.82) is 0 Å². The van der Waals surface area contributed by atoms with Gasteiger partial charge in [-0.05, 0) is 19.8 Å². The van der Waals surface area contributed by atoms with Gasteiger partial charge in [0.25, 0.3) is 0 Å². The molecule has 2 rings (SSSR count). The van der Waals surface area contributed by atoms with Crippen LogP contribution in [-0.2, 0) is 0 Å². The van der Waals surface area contributed by atoms with Gasteiger partial charge in [-0.3, -0.25) is 0 Å². The minimum Gasteiger partial charge on any atom is -0.465 e. The number of ether oxygens (including phenoxy) is 1. The molecule has 1 aliphatic rings. The highest BCUT2D eigenvalue weighted by molar-refractivity contribution is 5.38.